The zero-order valence-corrected chi connectivity index (χ0v) is 16.8. The van der Waals surface area contributed by atoms with E-state index < -0.39 is 0 Å². The highest BCUT2D eigenvalue weighted by molar-refractivity contribution is 5.79. The van der Waals surface area contributed by atoms with Gasteiger partial charge in [0, 0.05) is 36.2 Å². The Morgan fingerprint density at radius 1 is 1.00 bits per heavy atom. The molecule has 2 aliphatic rings. The van der Waals surface area contributed by atoms with Gasteiger partial charge >= 0.3 is 0 Å². The Morgan fingerprint density at radius 2 is 1.79 bits per heavy atom. The highest BCUT2D eigenvalue weighted by Gasteiger charge is 2.30. The van der Waals surface area contributed by atoms with E-state index >= 15 is 0 Å². The number of hydrogen-bond acceptors (Lipinski definition) is 3. The van der Waals surface area contributed by atoms with Crippen LogP contribution in [0.2, 0.25) is 0 Å². The predicted octanol–water partition coefficient (Wildman–Crippen LogP) is 5.04. The van der Waals surface area contributed by atoms with Crippen molar-refractivity contribution < 1.29 is 9.53 Å². The molecule has 1 saturated heterocycles. The molecule has 4 heteroatoms. The summed E-state index contributed by atoms with van der Waals surface area (Å²) < 4.78 is 5.25. The van der Waals surface area contributed by atoms with Gasteiger partial charge in [0.05, 0.1) is 12.8 Å². The zero-order valence-electron chi connectivity index (χ0n) is 16.8. The van der Waals surface area contributed by atoms with E-state index in [9.17, 15) is 4.79 Å². The van der Waals surface area contributed by atoms with Gasteiger partial charge in [0.15, 0.2) is 0 Å². The van der Waals surface area contributed by atoms with Gasteiger partial charge in [-0.25, -0.2) is 0 Å². The molecule has 2 heterocycles. The molecule has 0 radical (unpaired) electrons. The third-order valence-corrected chi connectivity index (χ3v) is 6.26. The molecule has 1 aliphatic carbocycles. The molecule has 28 heavy (non-hydrogen) atoms. The Morgan fingerprint density at radius 3 is 2.54 bits per heavy atom. The lowest BCUT2D eigenvalue weighted by Crippen LogP contribution is -2.43. The van der Waals surface area contributed by atoms with Gasteiger partial charge in [0.1, 0.15) is 5.75 Å². The highest BCUT2D eigenvalue weighted by atomic mass is 16.5. The number of methoxy groups -OCH3 is 1. The van der Waals surface area contributed by atoms with Crippen molar-refractivity contribution >= 4 is 5.91 Å². The van der Waals surface area contributed by atoms with Crippen molar-refractivity contribution in [1.29, 1.82) is 0 Å². The topological polar surface area (TPSA) is 42.4 Å². The van der Waals surface area contributed by atoms with E-state index in [-0.39, 0.29) is 5.92 Å². The van der Waals surface area contributed by atoms with Crippen LogP contribution < -0.4 is 4.74 Å². The molecule has 1 aromatic carbocycles. The number of piperidine rings is 1. The molecule has 0 spiro atoms. The van der Waals surface area contributed by atoms with Gasteiger partial charge in [-0.2, -0.15) is 0 Å². The van der Waals surface area contributed by atoms with Gasteiger partial charge in [-0.1, -0.05) is 25.3 Å². The molecule has 1 amide bonds. The molecule has 1 saturated carbocycles. The summed E-state index contributed by atoms with van der Waals surface area (Å²) in [5, 5.41) is 0. The fourth-order valence-corrected chi connectivity index (χ4v) is 4.63. The van der Waals surface area contributed by atoms with Crippen molar-refractivity contribution in [2.75, 3.05) is 20.2 Å². The van der Waals surface area contributed by atoms with Crippen molar-refractivity contribution in [2.45, 2.75) is 50.9 Å². The molecule has 0 N–H and O–H groups in total. The van der Waals surface area contributed by atoms with E-state index in [4.69, 9.17) is 9.72 Å². The average Bonchev–Trinajstić information content (AvgIpc) is 2.79. The molecular formula is C24H30N2O2. The Labute approximate surface area is 167 Å². The Bertz CT molecular complexity index is 797. The molecule has 0 unspecified atom stereocenters. The maximum absolute atomic E-state index is 13.0. The first-order chi connectivity index (χ1) is 13.7. The van der Waals surface area contributed by atoms with Gasteiger partial charge in [0.2, 0.25) is 5.91 Å². The van der Waals surface area contributed by atoms with Crippen LogP contribution >= 0.6 is 0 Å². The Balaban J connectivity index is 1.48. The number of benzene rings is 1. The molecule has 1 aromatic heterocycles. The van der Waals surface area contributed by atoms with Gasteiger partial charge in [-0.3, -0.25) is 9.78 Å². The zero-order chi connectivity index (χ0) is 19.3. The summed E-state index contributed by atoms with van der Waals surface area (Å²) in [6.07, 6.45) is 8.02. The highest BCUT2D eigenvalue weighted by Crippen LogP contribution is 2.31. The fourth-order valence-electron chi connectivity index (χ4n) is 4.63. The number of ether oxygens (including phenoxy) is 1. The number of nitrogens with zero attached hydrogens (tertiary/aromatic N) is 2. The first kappa shape index (κ1) is 19.0. The van der Waals surface area contributed by atoms with E-state index in [0.29, 0.717) is 11.8 Å². The van der Waals surface area contributed by atoms with Crippen molar-refractivity contribution in [2.24, 2.45) is 5.92 Å². The van der Waals surface area contributed by atoms with E-state index in [0.717, 1.165) is 61.5 Å². The molecular weight excluding hydrogens is 348 g/mol. The van der Waals surface area contributed by atoms with Gasteiger partial charge in [-0.05, 0) is 62.1 Å². The molecule has 148 valence electrons. The lowest BCUT2D eigenvalue weighted by molar-refractivity contribution is -0.137. The summed E-state index contributed by atoms with van der Waals surface area (Å²) >= 11 is 0. The monoisotopic (exact) mass is 378 g/mol. The summed E-state index contributed by atoms with van der Waals surface area (Å²) in [4.78, 5) is 20.0. The van der Waals surface area contributed by atoms with Crippen LogP contribution in [0.3, 0.4) is 0 Å². The van der Waals surface area contributed by atoms with Gasteiger partial charge in [-0.15, -0.1) is 0 Å². The van der Waals surface area contributed by atoms with Crippen LogP contribution in [-0.2, 0) is 4.79 Å². The van der Waals surface area contributed by atoms with Gasteiger partial charge < -0.3 is 9.64 Å². The molecule has 2 fully saturated rings. The predicted molar refractivity (Wildman–Crippen MR) is 111 cm³/mol. The molecule has 4 nitrogen and oxygen atoms in total. The number of carbonyl (C=O) groups is 1. The minimum atomic E-state index is 0.256. The SMILES string of the molecule is COc1ccc(-c2cccc([C@@H]3CCCN(C(=O)C4CCCCC4)C3)n2)cc1. The third-order valence-electron chi connectivity index (χ3n) is 6.26. The second-order valence-corrected chi connectivity index (χ2v) is 8.13. The Kier molecular flexibility index (Phi) is 5.94. The van der Waals surface area contributed by atoms with Crippen LogP contribution in [-0.4, -0.2) is 36.0 Å². The minimum absolute atomic E-state index is 0.256. The first-order valence-electron chi connectivity index (χ1n) is 10.6. The number of carbonyl (C=O) groups excluding carboxylic acids is 1. The van der Waals surface area contributed by atoms with Crippen molar-refractivity contribution in [3.63, 3.8) is 0 Å². The van der Waals surface area contributed by atoms with E-state index in [1.54, 1.807) is 7.11 Å². The smallest absolute Gasteiger partial charge is 0.225 e. The van der Waals surface area contributed by atoms with E-state index in [2.05, 4.69) is 23.1 Å². The van der Waals surface area contributed by atoms with Crippen LogP contribution in [0.5, 0.6) is 5.75 Å². The number of pyridine rings is 1. The van der Waals surface area contributed by atoms with Gasteiger partial charge in [0.25, 0.3) is 0 Å². The van der Waals surface area contributed by atoms with Crippen molar-refractivity contribution in [3.8, 4) is 17.0 Å². The van der Waals surface area contributed by atoms with Crippen LogP contribution in [0.15, 0.2) is 42.5 Å². The summed E-state index contributed by atoms with van der Waals surface area (Å²) in [5.74, 6) is 1.82. The maximum Gasteiger partial charge on any atom is 0.225 e. The standard InChI is InChI=1S/C24H30N2O2/c1-28-21-14-12-18(13-15-21)22-10-5-11-23(25-22)20-9-6-16-26(17-20)24(27)19-7-3-2-4-8-19/h5,10-15,19-20H,2-4,6-9,16-17H2,1H3/t20-/m1/s1. The second-order valence-electron chi connectivity index (χ2n) is 8.13. The molecule has 0 bridgehead atoms. The van der Waals surface area contributed by atoms with Crippen molar-refractivity contribution in [1.82, 2.24) is 9.88 Å². The molecule has 1 atom stereocenters. The quantitative estimate of drug-likeness (QED) is 0.748. The largest absolute Gasteiger partial charge is 0.497 e. The number of hydrogen-bond donors (Lipinski definition) is 0. The Hall–Kier alpha value is -2.36. The van der Waals surface area contributed by atoms with Crippen LogP contribution in [0, 0.1) is 5.92 Å². The summed E-state index contributed by atoms with van der Waals surface area (Å²) in [7, 11) is 1.68. The van der Waals surface area contributed by atoms with Crippen molar-refractivity contribution in [3.05, 3.63) is 48.2 Å². The number of amides is 1. The lowest BCUT2D eigenvalue weighted by Gasteiger charge is -2.35. The molecule has 2 aromatic rings. The van der Waals surface area contributed by atoms with E-state index in [1.807, 2.05) is 24.3 Å². The summed E-state index contributed by atoms with van der Waals surface area (Å²) in [5.41, 5.74) is 3.18. The van der Waals surface area contributed by atoms with E-state index in [1.165, 1.54) is 19.3 Å². The summed E-state index contributed by atoms with van der Waals surface area (Å²) in [6.45, 7) is 1.72. The minimum Gasteiger partial charge on any atom is -0.497 e. The summed E-state index contributed by atoms with van der Waals surface area (Å²) in [6, 6.07) is 14.3. The number of likely N-dealkylation sites (tertiary alicyclic amines) is 1. The lowest BCUT2D eigenvalue weighted by atomic mass is 9.86. The molecule has 4 rings (SSSR count). The average molecular weight is 379 g/mol. The van der Waals surface area contributed by atoms with Crippen LogP contribution in [0.4, 0.5) is 0 Å². The number of rotatable bonds is 4. The fraction of sp³-hybridized carbons (Fsp3) is 0.500. The number of aromatic nitrogens is 1. The second kappa shape index (κ2) is 8.76. The third kappa shape index (κ3) is 4.21. The van der Waals surface area contributed by atoms with Crippen LogP contribution in [0.1, 0.15) is 56.6 Å². The first-order valence-corrected chi connectivity index (χ1v) is 10.6. The maximum atomic E-state index is 13.0. The van der Waals surface area contributed by atoms with Crippen LogP contribution in [0.25, 0.3) is 11.3 Å². The normalized spacial score (nSPS) is 20.8. The molecule has 1 aliphatic heterocycles.